The molecule has 0 atom stereocenters. The second kappa shape index (κ2) is 9.46. The number of rotatable bonds is 6. The number of piperazine rings is 1. The Kier molecular flexibility index (Phi) is 6.21. The molecule has 1 amide bonds. The van der Waals surface area contributed by atoms with Crippen LogP contribution in [0.3, 0.4) is 0 Å². The number of methoxy groups -OCH3 is 3. The molecule has 0 N–H and O–H groups in total. The first-order valence-corrected chi connectivity index (χ1v) is 12.1. The zero-order chi connectivity index (χ0) is 24.5. The van der Waals surface area contributed by atoms with E-state index in [0.717, 1.165) is 32.6 Å². The van der Waals surface area contributed by atoms with Crippen molar-refractivity contribution < 1.29 is 19.0 Å². The maximum atomic E-state index is 13.2. The molecule has 0 unspecified atom stereocenters. The first-order valence-electron chi connectivity index (χ1n) is 11.3. The molecule has 2 aromatic carbocycles. The van der Waals surface area contributed by atoms with Gasteiger partial charge in [0.05, 0.1) is 43.0 Å². The van der Waals surface area contributed by atoms with Crippen molar-refractivity contribution in [2.75, 3.05) is 52.4 Å². The van der Waals surface area contributed by atoms with Crippen LogP contribution in [-0.2, 0) is 0 Å². The van der Waals surface area contributed by atoms with Gasteiger partial charge in [0.1, 0.15) is 5.75 Å². The average molecular weight is 494 g/mol. The number of nitrogens with zero attached hydrogens (tertiary/aromatic N) is 5. The standard InChI is InChI=1S/C25H27N5O4S/c1-16-22-23(30(27-16)17-8-10-18(32-2)11-9-17)26-25(35-22)29-14-12-28(13-15-29)24(31)19-6-5-7-20(33-3)21(19)34-4/h5-11H,12-15H2,1-4H3. The quantitative estimate of drug-likeness (QED) is 0.404. The minimum absolute atomic E-state index is 0.0595. The molecule has 1 aliphatic heterocycles. The van der Waals surface area contributed by atoms with E-state index in [1.54, 1.807) is 50.9 Å². The number of carbonyl (C=O) groups is 1. The Morgan fingerprint density at radius 3 is 2.34 bits per heavy atom. The van der Waals surface area contributed by atoms with E-state index in [1.165, 1.54) is 0 Å². The topological polar surface area (TPSA) is 82.0 Å². The second-order valence-corrected chi connectivity index (χ2v) is 9.14. The third kappa shape index (κ3) is 4.14. The zero-order valence-corrected chi connectivity index (χ0v) is 21.0. The molecule has 10 heteroatoms. The molecule has 0 saturated carbocycles. The van der Waals surface area contributed by atoms with Gasteiger partial charge in [0.15, 0.2) is 22.3 Å². The van der Waals surface area contributed by atoms with Crippen molar-refractivity contribution in [2.45, 2.75) is 6.92 Å². The highest BCUT2D eigenvalue weighted by molar-refractivity contribution is 7.22. The van der Waals surface area contributed by atoms with Gasteiger partial charge in [-0.2, -0.15) is 10.1 Å². The van der Waals surface area contributed by atoms with Crippen molar-refractivity contribution in [3.63, 3.8) is 0 Å². The van der Waals surface area contributed by atoms with Gasteiger partial charge in [0.25, 0.3) is 5.91 Å². The summed E-state index contributed by atoms with van der Waals surface area (Å²) in [5, 5.41) is 5.63. The molecular formula is C25H27N5O4S. The molecule has 1 saturated heterocycles. The van der Waals surface area contributed by atoms with Crippen molar-refractivity contribution in [1.29, 1.82) is 0 Å². The van der Waals surface area contributed by atoms with Crippen LogP contribution in [0.1, 0.15) is 16.1 Å². The van der Waals surface area contributed by atoms with Gasteiger partial charge in [-0.05, 0) is 43.3 Å². The molecule has 1 fully saturated rings. The first kappa shape index (κ1) is 23.0. The zero-order valence-electron chi connectivity index (χ0n) is 20.1. The number of hydrogen-bond acceptors (Lipinski definition) is 8. The smallest absolute Gasteiger partial charge is 0.257 e. The molecule has 4 aromatic rings. The number of amides is 1. The number of carbonyl (C=O) groups excluding carboxylic acids is 1. The Morgan fingerprint density at radius 2 is 1.69 bits per heavy atom. The summed E-state index contributed by atoms with van der Waals surface area (Å²) in [5.74, 6) is 1.75. The first-order chi connectivity index (χ1) is 17.0. The number of fused-ring (bicyclic) bond motifs is 1. The monoisotopic (exact) mass is 493 g/mol. The van der Waals surface area contributed by atoms with Crippen LogP contribution in [0.5, 0.6) is 17.2 Å². The van der Waals surface area contributed by atoms with E-state index in [-0.39, 0.29) is 5.91 Å². The maximum absolute atomic E-state index is 13.2. The number of benzene rings is 2. The van der Waals surface area contributed by atoms with Crippen LogP contribution >= 0.6 is 11.3 Å². The second-order valence-electron chi connectivity index (χ2n) is 8.16. The molecule has 0 radical (unpaired) electrons. The number of thiazole rings is 1. The summed E-state index contributed by atoms with van der Waals surface area (Å²) >= 11 is 1.64. The summed E-state index contributed by atoms with van der Waals surface area (Å²) in [6.45, 7) is 4.59. The minimum atomic E-state index is -0.0595. The van der Waals surface area contributed by atoms with E-state index in [4.69, 9.17) is 24.3 Å². The van der Waals surface area contributed by atoms with Crippen LogP contribution in [0, 0.1) is 6.92 Å². The van der Waals surface area contributed by atoms with Crippen molar-refractivity contribution in [3.8, 4) is 22.9 Å². The lowest BCUT2D eigenvalue weighted by atomic mass is 10.1. The molecule has 2 aromatic heterocycles. The van der Waals surface area contributed by atoms with Gasteiger partial charge in [-0.25, -0.2) is 4.68 Å². The van der Waals surface area contributed by atoms with E-state index in [2.05, 4.69) is 4.90 Å². The number of anilines is 1. The van der Waals surface area contributed by atoms with Gasteiger partial charge >= 0.3 is 0 Å². The summed E-state index contributed by atoms with van der Waals surface area (Å²) in [6, 6.07) is 13.1. The van der Waals surface area contributed by atoms with Crippen molar-refractivity contribution in [3.05, 3.63) is 53.7 Å². The van der Waals surface area contributed by atoms with E-state index >= 15 is 0 Å². The van der Waals surface area contributed by atoms with Gasteiger partial charge in [0.2, 0.25) is 0 Å². The van der Waals surface area contributed by atoms with E-state index in [1.807, 2.05) is 40.8 Å². The predicted octanol–water partition coefficient (Wildman–Crippen LogP) is 3.78. The van der Waals surface area contributed by atoms with Crippen molar-refractivity contribution >= 4 is 32.7 Å². The Hall–Kier alpha value is -3.79. The lowest BCUT2D eigenvalue weighted by molar-refractivity contribution is 0.0742. The van der Waals surface area contributed by atoms with Crippen LogP contribution in [0.2, 0.25) is 0 Å². The lowest BCUT2D eigenvalue weighted by Crippen LogP contribution is -2.48. The fourth-order valence-electron chi connectivity index (χ4n) is 4.29. The number of hydrogen-bond donors (Lipinski definition) is 0. The summed E-state index contributed by atoms with van der Waals surface area (Å²) in [7, 11) is 4.77. The third-order valence-corrected chi connectivity index (χ3v) is 7.38. The predicted molar refractivity (Wildman–Crippen MR) is 136 cm³/mol. The van der Waals surface area contributed by atoms with Crippen molar-refractivity contribution in [1.82, 2.24) is 19.7 Å². The molecule has 5 rings (SSSR count). The minimum Gasteiger partial charge on any atom is -0.497 e. The van der Waals surface area contributed by atoms with Gasteiger partial charge in [-0.15, -0.1) is 0 Å². The molecule has 0 bridgehead atoms. The maximum Gasteiger partial charge on any atom is 0.257 e. The Balaban J connectivity index is 1.34. The largest absolute Gasteiger partial charge is 0.497 e. The summed E-state index contributed by atoms with van der Waals surface area (Å²) in [6.07, 6.45) is 0. The molecule has 0 spiro atoms. The molecule has 1 aliphatic rings. The van der Waals surface area contributed by atoms with Crippen LogP contribution < -0.4 is 19.1 Å². The number of ether oxygens (including phenoxy) is 3. The van der Waals surface area contributed by atoms with Crippen LogP contribution in [0.4, 0.5) is 5.13 Å². The van der Waals surface area contributed by atoms with Gasteiger partial charge in [-0.3, -0.25) is 4.79 Å². The molecular weight excluding hydrogens is 466 g/mol. The molecule has 3 heterocycles. The Bertz CT molecular complexity index is 1360. The van der Waals surface area contributed by atoms with Gasteiger partial charge in [-0.1, -0.05) is 17.4 Å². The van der Waals surface area contributed by atoms with Crippen LogP contribution in [0.15, 0.2) is 42.5 Å². The molecule has 0 aliphatic carbocycles. The fourth-order valence-corrected chi connectivity index (χ4v) is 5.33. The van der Waals surface area contributed by atoms with E-state index < -0.39 is 0 Å². The van der Waals surface area contributed by atoms with Crippen molar-refractivity contribution in [2.24, 2.45) is 0 Å². The SMILES string of the molecule is COc1ccc(-n2nc(C)c3sc(N4CCN(C(=O)c5cccc(OC)c5OC)CC4)nc32)cc1. The highest BCUT2D eigenvalue weighted by atomic mass is 32.1. The van der Waals surface area contributed by atoms with E-state index in [0.29, 0.717) is 43.2 Å². The summed E-state index contributed by atoms with van der Waals surface area (Å²) < 4.78 is 19.0. The molecule has 9 nitrogen and oxygen atoms in total. The fraction of sp³-hybridized carbons (Fsp3) is 0.320. The normalized spacial score (nSPS) is 13.8. The summed E-state index contributed by atoms with van der Waals surface area (Å²) in [5.41, 5.74) is 3.23. The van der Waals surface area contributed by atoms with Gasteiger partial charge < -0.3 is 24.0 Å². The van der Waals surface area contributed by atoms with Gasteiger partial charge in [0, 0.05) is 26.2 Å². The Labute approximate surface area is 207 Å². The van der Waals surface area contributed by atoms with Crippen LogP contribution in [-0.4, -0.2) is 73.1 Å². The lowest BCUT2D eigenvalue weighted by Gasteiger charge is -2.34. The summed E-state index contributed by atoms with van der Waals surface area (Å²) in [4.78, 5) is 22.2. The Morgan fingerprint density at radius 1 is 0.943 bits per heavy atom. The number of aryl methyl sites for hydroxylation is 1. The molecule has 182 valence electrons. The highest BCUT2D eigenvalue weighted by Crippen LogP contribution is 2.34. The number of aromatic nitrogens is 3. The van der Waals surface area contributed by atoms with Crippen LogP contribution in [0.25, 0.3) is 16.0 Å². The number of para-hydroxylation sites is 1. The highest BCUT2D eigenvalue weighted by Gasteiger charge is 2.27. The molecule has 35 heavy (non-hydrogen) atoms. The average Bonchev–Trinajstić information content (AvgIpc) is 3.48. The third-order valence-electron chi connectivity index (χ3n) is 6.16. The van der Waals surface area contributed by atoms with E-state index in [9.17, 15) is 4.79 Å².